The minimum absolute atomic E-state index is 0.169. The van der Waals surface area contributed by atoms with Crippen LogP contribution in [0.1, 0.15) is 21.5 Å². The van der Waals surface area contributed by atoms with Gasteiger partial charge in [-0.25, -0.2) is 0 Å². The van der Waals surface area contributed by atoms with Gasteiger partial charge in [0.2, 0.25) is 0 Å². The van der Waals surface area contributed by atoms with E-state index in [1.54, 1.807) is 12.3 Å². The number of carbonyl (C=O) groups is 1. The van der Waals surface area contributed by atoms with E-state index in [2.05, 4.69) is 22.1 Å². The topological polar surface area (TPSA) is 68.0 Å². The Labute approximate surface area is 118 Å². The van der Waals surface area contributed by atoms with Crippen LogP contribution < -0.4 is 11.1 Å². The molecule has 1 aromatic heterocycles. The Morgan fingerprint density at radius 2 is 2.05 bits per heavy atom. The van der Waals surface area contributed by atoms with Gasteiger partial charge in [-0.05, 0) is 11.6 Å². The number of amides is 1. The molecule has 0 bridgehead atoms. The van der Waals surface area contributed by atoms with E-state index in [0.29, 0.717) is 17.7 Å². The number of pyridine rings is 1. The van der Waals surface area contributed by atoms with Crippen molar-refractivity contribution in [1.82, 2.24) is 10.3 Å². The van der Waals surface area contributed by atoms with Crippen LogP contribution in [-0.2, 0) is 6.54 Å². The summed E-state index contributed by atoms with van der Waals surface area (Å²) in [4.78, 5) is 16.0. The quantitative estimate of drug-likeness (QED) is 0.822. The van der Waals surface area contributed by atoms with Gasteiger partial charge in [0.15, 0.2) is 0 Å². The van der Waals surface area contributed by atoms with E-state index in [4.69, 9.17) is 5.73 Å². The lowest BCUT2D eigenvalue weighted by atomic mass is 10.2. The van der Waals surface area contributed by atoms with E-state index >= 15 is 0 Å². The average Bonchev–Trinajstić information content (AvgIpc) is 2.52. The maximum Gasteiger partial charge on any atom is 0.253 e. The van der Waals surface area contributed by atoms with Crippen LogP contribution in [0.25, 0.3) is 0 Å². The molecule has 0 radical (unpaired) electrons. The maximum absolute atomic E-state index is 12.0. The first-order valence-electron chi connectivity index (χ1n) is 6.25. The third kappa shape index (κ3) is 3.94. The van der Waals surface area contributed by atoms with Crippen molar-refractivity contribution in [3.05, 3.63) is 65.5 Å². The fourth-order valence-corrected chi connectivity index (χ4v) is 1.67. The fourth-order valence-electron chi connectivity index (χ4n) is 1.67. The molecule has 1 aromatic carbocycles. The van der Waals surface area contributed by atoms with Crippen molar-refractivity contribution in [2.24, 2.45) is 5.73 Å². The lowest BCUT2D eigenvalue weighted by molar-refractivity contribution is 0.0950. The summed E-state index contributed by atoms with van der Waals surface area (Å²) >= 11 is 0. The van der Waals surface area contributed by atoms with E-state index in [-0.39, 0.29) is 12.5 Å². The summed E-state index contributed by atoms with van der Waals surface area (Å²) in [5.41, 5.74) is 7.54. The molecule has 4 nitrogen and oxygen atoms in total. The van der Waals surface area contributed by atoms with Gasteiger partial charge in [0.25, 0.3) is 5.91 Å². The monoisotopic (exact) mass is 265 g/mol. The number of hydrogen-bond donors (Lipinski definition) is 2. The second-order valence-electron chi connectivity index (χ2n) is 4.14. The van der Waals surface area contributed by atoms with Crippen LogP contribution in [0.5, 0.6) is 0 Å². The smallest absolute Gasteiger partial charge is 0.253 e. The maximum atomic E-state index is 12.0. The predicted octanol–water partition coefficient (Wildman–Crippen LogP) is 1.32. The molecule has 20 heavy (non-hydrogen) atoms. The van der Waals surface area contributed by atoms with Gasteiger partial charge in [-0.15, -0.1) is 0 Å². The van der Waals surface area contributed by atoms with Crippen molar-refractivity contribution >= 4 is 5.91 Å². The Kier molecular flexibility index (Phi) is 4.87. The molecule has 0 aliphatic rings. The van der Waals surface area contributed by atoms with Crippen LogP contribution in [-0.4, -0.2) is 17.4 Å². The summed E-state index contributed by atoms with van der Waals surface area (Å²) in [6.07, 6.45) is 3.13. The van der Waals surface area contributed by atoms with Crippen LogP contribution >= 0.6 is 0 Å². The summed E-state index contributed by atoms with van der Waals surface area (Å²) in [6, 6.07) is 11.4. The molecule has 1 heterocycles. The first-order valence-corrected chi connectivity index (χ1v) is 6.25. The van der Waals surface area contributed by atoms with Gasteiger partial charge in [0.05, 0.1) is 12.1 Å². The second kappa shape index (κ2) is 7.07. The molecule has 0 atom stereocenters. The highest BCUT2D eigenvalue weighted by Gasteiger charge is 2.06. The van der Waals surface area contributed by atoms with E-state index in [9.17, 15) is 4.79 Å². The van der Waals surface area contributed by atoms with Crippen LogP contribution in [0.15, 0.2) is 48.8 Å². The highest BCUT2D eigenvalue weighted by atomic mass is 16.1. The summed E-state index contributed by atoms with van der Waals surface area (Å²) in [6.45, 7) is 0.767. The number of benzene rings is 1. The molecule has 3 N–H and O–H groups in total. The molecular formula is C16H15N3O. The second-order valence-corrected chi connectivity index (χ2v) is 4.14. The summed E-state index contributed by atoms with van der Waals surface area (Å²) in [5, 5.41) is 2.85. The van der Waals surface area contributed by atoms with Gasteiger partial charge < -0.3 is 11.1 Å². The zero-order valence-corrected chi connectivity index (χ0v) is 11.0. The summed E-state index contributed by atoms with van der Waals surface area (Å²) in [7, 11) is 0. The van der Waals surface area contributed by atoms with Crippen molar-refractivity contribution in [3.63, 3.8) is 0 Å². The third-order valence-electron chi connectivity index (χ3n) is 2.63. The molecule has 100 valence electrons. The van der Waals surface area contributed by atoms with Crippen molar-refractivity contribution in [2.45, 2.75) is 6.54 Å². The lowest BCUT2D eigenvalue weighted by Crippen LogP contribution is -2.22. The Balaban J connectivity index is 2.02. The Morgan fingerprint density at radius 3 is 2.80 bits per heavy atom. The SMILES string of the molecule is NCC#Cc1cncc(C(=O)NCc2ccccc2)c1. The molecular weight excluding hydrogens is 250 g/mol. The molecule has 0 spiro atoms. The molecule has 0 saturated carbocycles. The van der Waals surface area contributed by atoms with Crippen LogP contribution in [0.4, 0.5) is 0 Å². The molecule has 2 aromatic rings. The van der Waals surface area contributed by atoms with E-state index in [1.807, 2.05) is 30.3 Å². The molecule has 1 amide bonds. The number of carbonyl (C=O) groups excluding carboxylic acids is 1. The van der Waals surface area contributed by atoms with E-state index in [0.717, 1.165) is 5.56 Å². The minimum Gasteiger partial charge on any atom is -0.348 e. The van der Waals surface area contributed by atoms with Gasteiger partial charge in [-0.1, -0.05) is 42.2 Å². The van der Waals surface area contributed by atoms with Gasteiger partial charge in [0, 0.05) is 24.5 Å². The molecule has 0 saturated heterocycles. The Hall–Kier alpha value is -2.64. The van der Waals surface area contributed by atoms with Crippen LogP contribution in [0, 0.1) is 11.8 Å². The van der Waals surface area contributed by atoms with Gasteiger partial charge >= 0.3 is 0 Å². The highest BCUT2D eigenvalue weighted by molar-refractivity contribution is 5.94. The summed E-state index contributed by atoms with van der Waals surface area (Å²) < 4.78 is 0. The number of nitrogens with zero attached hydrogens (tertiary/aromatic N) is 1. The predicted molar refractivity (Wildman–Crippen MR) is 77.8 cm³/mol. The largest absolute Gasteiger partial charge is 0.348 e. The van der Waals surface area contributed by atoms with E-state index < -0.39 is 0 Å². The van der Waals surface area contributed by atoms with Gasteiger partial charge in [-0.2, -0.15) is 0 Å². The molecule has 4 heteroatoms. The lowest BCUT2D eigenvalue weighted by Gasteiger charge is -2.05. The van der Waals surface area contributed by atoms with Gasteiger partial charge in [0.1, 0.15) is 0 Å². The highest BCUT2D eigenvalue weighted by Crippen LogP contribution is 2.03. The number of aromatic nitrogens is 1. The zero-order chi connectivity index (χ0) is 14.2. The molecule has 0 unspecified atom stereocenters. The number of nitrogens with one attached hydrogen (secondary N) is 1. The fraction of sp³-hybridized carbons (Fsp3) is 0.125. The van der Waals surface area contributed by atoms with Crippen molar-refractivity contribution in [3.8, 4) is 11.8 Å². The Bertz CT molecular complexity index is 642. The van der Waals surface area contributed by atoms with E-state index in [1.165, 1.54) is 6.20 Å². The van der Waals surface area contributed by atoms with Crippen molar-refractivity contribution in [1.29, 1.82) is 0 Å². The zero-order valence-electron chi connectivity index (χ0n) is 11.0. The molecule has 0 aliphatic heterocycles. The Morgan fingerprint density at radius 1 is 1.25 bits per heavy atom. The molecule has 0 fully saturated rings. The normalized spacial score (nSPS) is 9.45. The van der Waals surface area contributed by atoms with Gasteiger partial charge in [-0.3, -0.25) is 9.78 Å². The van der Waals surface area contributed by atoms with Crippen molar-refractivity contribution in [2.75, 3.05) is 6.54 Å². The third-order valence-corrected chi connectivity index (χ3v) is 2.63. The average molecular weight is 265 g/mol. The molecule has 0 aliphatic carbocycles. The first kappa shape index (κ1) is 13.8. The standard InChI is InChI=1S/C16H15N3O/c17-8-4-7-14-9-15(12-18-10-14)16(20)19-11-13-5-2-1-3-6-13/h1-3,5-6,9-10,12H,8,11,17H2,(H,19,20). The number of rotatable bonds is 3. The van der Waals surface area contributed by atoms with Crippen molar-refractivity contribution < 1.29 is 4.79 Å². The van der Waals surface area contributed by atoms with Crippen LogP contribution in [0.2, 0.25) is 0 Å². The number of hydrogen-bond acceptors (Lipinski definition) is 3. The number of nitrogens with two attached hydrogens (primary N) is 1. The first-order chi connectivity index (χ1) is 9.79. The van der Waals surface area contributed by atoms with Crippen LogP contribution in [0.3, 0.4) is 0 Å². The minimum atomic E-state index is -0.169. The molecule has 2 rings (SSSR count). The summed E-state index contributed by atoms with van der Waals surface area (Å²) in [5.74, 6) is 5.42.